The van der Waals surface area contributed by atoms with E-state index < -0.39 is 41.1 Å². The summed E-state index contributed by atoms with van der Waals surface area (Å²) in [7, 11) is 0. The third kappa shape index (κ3) is 5.13. The lowest BCUT2D eigenvalue weighted by atomic mass is 9.44. The Hall–Kier alpha value is -3.08. The first kappa shape index (κ1) is 23.1. The van der Waals surface area contributed by atoms with Crippen molar-refractivity contribution in [2.75, 3.05) is 13.2 Å². The maximum atomic E-state index is 13.4. The number of carbonyl (C=O) groups is 2. The van der Waals surface area contributed by atoms with Crippen molar-refractivity contribution < 1.29 is 36.6 Å². The van der Waals surface area contributed by atoms with Crippen LogP contribution in [-0.4, -0.2) is 41.1 Å². The molecule has 1 aromatic heterocycles. The molecule has 3 fully saturated rings. The highest BCUT2D eigenvalue weighted by molar-refractivity contribution is 6.30. The highest BCUT2D eigenvalue weighted by Crippen LogP contribution is 2.60. The molecule has 1 heterocycles. The molecule has 2 N–H and O–H groups in total. The number of nitrogens with zero attached hydrogens (tertiary/aromatic N) is 1. The van der Waals surface area contributed by atoms with Crippen molar-refractivity contribution in [3.63, 3.8) is 0 Å². The maximum Gasteiger partial charge on any atom is 0.418 e. The summed E-state index contributed by atoms with van der Waals surface area (Å²) in [4.78, 5) is 27.7. The number of aromatic nitrogens is 1. The Labute approximate surface area is 190 Å². The van der Waals surface area contributed by atoms with Gasteiger partial charge < -0.3 is 20.1 Å². The zero-order valence-corrected chi connectivity index (χ0v) is 17.7. The van der Waals surface area contributed by atoms with Gasteiger partial charge in [-0.05, 0) is 37.5 Å². The summed E-state index contributed by atoms with van der Waals surface area (Å²) in [6.07, 6.45) is -1.26. The first-order valence-corrected chi connectivity index (χ1v) is 10.2. The van der Waals surface area contributed by atoms with Crippen LogP contribution in [0, 0.1) is 5.82 Å². The molecule has 33 heavy (non-hydrogen) atoms. The van der Waals surface area contributed by atoms with Crippen LogP contribution in [0.4, 0.5) is 17.6 Å². The fraction of sp³-hybridized carbons (Fsp3) is 0.381. The second kappa shape index (κ2) is 8.36. The smallest absolute Gasteiger partial charge is 0.418 e. The molecule has 3 aliphatic carbocycles. The number of hydrogen-bond donors (Lipinski definition) is 2. The van der Waals surface area contributed by atoms with Gasteiger partial charge in [0.1, 0.15) is 17.3 Å². The number of hydrogen-bond acceptors (Lipinski definition) is 5. The van der Waals surface area contributed by atoms with Gasteiger partial charge in [-0.2, -0.15) is 13.2 Å². The van der Waals surface area contributed by atoms with Crippen LogP contribution < -0.4 is 20.1 Å². The number of halogens is 5. The molecule has 0 unspecified atom stereocenters. The molecule has 2 amide bonds. The molecule has 0 atom stereocenters. The van der Waals surface area contributed by atoms with Gasteiger partial charge in [0.15, 0.2) is 13.2 Å². The Bertz CT molecular complexity index is 1080. The molecule has 0 aliphatic heterocycles. The third-order valence-corrected chi connectivity index (χ3v) is 5.82. The second-order valence-electron chi connectivity index (χ2n) is 8.25. The fourth-order valence-corrected chi connectivity index (χ4v) is 4.35. The topological polar surface area (TPSA) is 89.5 Å². The van der Waals surface area contributed by atoms with E-state index in [1.54, 1.807) is 0 Å². The number of rotatable bonds is 8. The SMILES string of the molecule is O=C(COc1cncc(C(F)(F)F)c1)NC12CC(NC(=O)COc3ccc(Cl)c(F)c3)(C1)C2. The van der Waals surface area contributed by atoms with E-state index in [1.165, 1.54) is 12.1 Å². The predicted octanol–water partition coefficient (Wildman–Crippen LogP) is 3.26. The van der Waals surface area contributed by atoms with Crippen LogP contribution >= 0.6 is 11.6 Å². The van der Waals surface area contributed by atoms with Gasteiger partial charge in [0.25, 0.3) is 11.8 Å². The van der Waals surface area contributed by atoms with E-state index in [-0.39, 0.29) is 29.0 Å². The summed E-state index contributed by atoms with van der Waals surface area (Å²) in [6, 6.07) is 4.62. The fourth-order valence-electron chi connectivity index (χ4n) is 4.23. The van der Waals surface area contributed by atoms with Gasteiger partial charge in [0, 0.05) is 23.3 Å². The van der Waals surface area contributed by atoms with Crippen LogP contribution in [0.5, 0.6) is 11.5 Å². The Morgan fingerprint density at radius 3 is 2.09 bits per heavy atom. The van der Waals surface area contributed by atoms with E-state index >= 15 is 0 Å². The average Bonchev–Trinajstić information content (AvgIpc) is 2.70. The lowest BCUT2D eigenvalue weighted by molar-refractivity contribution is -0.151. The van der Waals surface area contributed by atoms with Crippen molar-refractivity contribution in [1.82, 2.24) is 15.6 Å². The van der Waals surface area contributed by atoms with Gasteiger partial charge >= 0.3 is 6.18 Å². The van der Waals surface area contributed by atoms with Crippen molar-refractivity contribution in [2.45, 2.75) is 36.5 Å². The van der Waals surface area contributed by atoms with Crippen LogP contribution in [0.2, 0.25) is 5.02 Å². The van der Waals surface area contributed by atoms with Crippen molar-refractivity contribution >= 4 is 23.4 Å². The van der Waals surface area contributed by atoms with Crippen LogP contribution in [0.25, 0.3) is 0 Å². The molecule has 0 saturated heterocycles. The molecular formula is C21H18ClF4N3O4. The first-order valence-electron chi connectivity index (χ1n) is 9.83. The van der Waals surface area contributed by atoms with Gasteiger partial charge in [0.2, 0.25) is 0 Å². The lowest BCUT2D eigenvalue weighted by Crippen LogP contribution is -2.84. The minimum atomic E-state index is -4.56. The molecule has 3 saturated carbocycles. The molecule has 12 heteroatoms. The summed E-state index contributed by atoms with van der Waals surface area (Å²) in [5.74, 6) is -1.52. The Morgan fingerprint density at radius 2 is 1.55 bits per heavy atom. The number of nitrogens with one attached hydrogen (secondary N) is 2. The average molecular weight is 488 g/mol. The van der Waals surface area contributed by atoms with Gasteiger partial charge in [-0.3, -0.25) is 14.6 Å². The highest BCUT2D eigenvalue weighted by Gasteiger charge is 2.69. The van der Waals surface area contributed by atoms with Crippen molar-refractivity contribution in [3.05, 3.63) is 53.1 Å². The van der Waals surface area contributed by atoms with E-state index in [0.717, 1.165) is 18.3 Å². The number of alkyl halides is 3. The number of carbonyl (C=O) groups excluding carboxylic acids is 2. The Morgan fingerprint density at radius 1 is 0.970 bits per heavy atom. The van der Waals surface area contributed by atoms with Crippen molar-refractivity contribution in [2.24, 2.45) is 0 Å². The predicted molar refractivity (Wildman–Crippen MR) is 107 cm³/mol. The highest BCUT2D eigenvalue weighted by atomic mass is 35.5. The molecule has 1 aromatic carbocycles. The summed E-state index contributed by atoms with van der Waals surface area (Å²) in [6.45, 7) is -0.767. The second-order valence-corrected chi connectivity index (χ2v) is 8.65. The van der Waals surface area contributed by atoms with Gasteiger partial charge in [-0.15, -0.1) is 0 Å². The largest absolute Gasteiger partial charge is 0.484 e. The summed E-state index contributed by atoms with van der Waals surface area (Å²) in [5, 5.41) is 5.60. The van der Waals surface area contributed by atoms with E-state index in [4.69, 9.17) is 21.1 Å². The molecule has 0 spiro atoms. The molecule has 7 nitrogen and oxygen atoms in total. The summed E-state index contributed by atoms with van der Waals surface area (Å²) in [5.41, 5.74) is -1.88. The minimum Gasteiger partial charge on any atom is -0.484 e. The van der Waals surface area contributed by atoms with Crippen molar-refractivity contribution in [1.29, 1.82) is 0 Å². The van der Waals surface area contributed by atoms with E-state index in [2.05, 4.69) is 15.6 Å². The van der Waals surface area contributed by atoms with Crippen LogP contribution in [-0.2, 0) is 15.8 Å². The monoisotopic (exact) mass is 487 g/mol. The van der Waals surface area contributed by atoms with E-state index in [1.807, 2.05) is 0 Å². The molecule has 3 aliphatic rings. The van der Waals surface area contributed by atoms with E-state index in [9.17, 15) is 27.2 Å². The zero-order valence-electron chi connectivity index (χ0n) is 17.0. The quantitative estimate of drug-likeness (QED) is 0.558. The van der Waals surface area contributed by atoms with Gasteiger partial charge in [-0.25, -0.2) is 4.39 Å². The normalized spacial score (nSPS) is 23.1. The van der Waals surface area contributed by atoms with Crippen LogP contribution in [0.15, 0.2) is 36.7 Å². The maximum absolute atomic E-state index is 13.4. The van der Waals surface area contributed by atoms with Crippen LogP contribution in [0.1, 0.15) is 24.8 Å². The molecule has 5 rings (SSSR count). The Balaban J connectivity index is 1.18. The third-order valence-electron chi connectivity index (χ3n) is 5.51. The molecule has 2 aromatic rings. The molecule has 0 radical (unpaired) electrons. The Kier molecular flexibility index (Phi) is 5.85. The minimum absolute atomic E-state index is 0.0510. The standard InChI is InChI=1S/C21H18ClF4N3O4/c22-15-2-1-13(4-16(15)23)32-7-17(30)28-19-9-20(10-19,11-19)29-18(31)8-33-14-3-12(5-27-6-14)21(24,25)26/h1-6H,7-11H2,(H,28,30)(H,29,31). The summed E-state index contributed by atoms with van der Waals surface area (Å²) >= 11 is 5.59. The zero-order chi connectivity index (χ0) is 23.9. The number of ether oxygens (including phenoxy) is 2. The van der Waals surface area contributed by atoms with E-state index in [0.29, 0.717) is 25.5 Å². The molecular weight excluding hydrogens is 470 g/mol. The summed E-state index contributed by atoms with van der Waals surface area (Å²) < 4.78 is 61.9. The number of pyridine rings is 1. The van der Waals surface area contributed by atoms with Gasteiger partial charge in [-0.1, -0.05) is 11.6 Å². The van der Waals surface area contributed by atoms with Crippen LogP contribution in [0.3, 0.4) is 0 Å². The molecule has 176 valence electrons. The molecule has 2 bridgehead atoms. The lowest BCUT2D eigenvalue weighted by Gasteiger charge is -2.70. The number of amides is 2. The van der Waals surface area contributed by atoms with Crippen molar-refractivity contribution in [3.8, 4) is 11.5 Å². The number of benzene rings is 1. The van der Waals surface area contributed by atoms with Gasteiger partial charge in [0.05, 0.1) is 16.8 Å². The first-order chi connectivity index (χ1) is 15.5.